The van der Waals surface area contributed by atoms with Gasteiger partial charge in [0.2, 0.25) is 0 Å². The van der Waals surface area contributed by atoms with Gasteiger partial charge >= 0.3 is 0 Å². The summed E-state index contributed by atoms with van der Waals surface area (Å²) in [6.45, 7) is 18.2. The Kier molecular flexibility index (Phi) is 69.0. The van der Waals surface area contributed by atoms with Crippen LogP contribution < -0.4 is 0 Å². The molecule has 19 heavy (non-hydrogen) atoms. The van der Waals surface area contributed by atoms with Crippen LogP contribution in [0.1, 0.15) is 66.0 Å². The van der Waals surface area contributed by atoms with Gasteiger partial charge in [-0.3, -0.25) is 0 Å². The summed E-state index contributed by atoms with van der Waals surface area (Å²) in [6.07, 6.45) is 2.35. The molecule has 1 heteroatoms. The summed E-state index contributed by atoms with van der Waals surface area (Å²) in [7, 11) is 0. The fourth-order valence-corrected chi connectivity index (χ4v) is 0.850. The first-order chi connectivity index (χ1) is 7.74. The Hall–Kier alpha value is -0.222. The Labute approximate surface area is 139 Å². The average molecular weight is 449 g/mol. The van der Waals surface area contributed by atoms with Crippen molar-refractivity contribution in [1.82, 2.24) is 0 Å². The second-order valence-corrected chi connectivity index (χ2v) is 2.88. The van der Waals surface area contributed by atoms with Gasteiger partial charge < -0.3 is 14.9 Å². The molecule has 0 amide bonds. The Morgan fingerprint density at radius 3 is 1.47 bits per heavy atom. The molecular weight excluding hydrogens is 411 g/mol. The van der Waals surface area contributed by atoms with Crippen LogP contribution in [0.25, 0.3) is 0 Å². The van der Waals surface area contributed by atoms with E-state index in [4.69, 9.17) is 0 Å². The Morgan fingerprint density at radius 2 is 1.26 bits per heavy atom. The monoisotopic (exact) mass is 448 g/mol. The maximum Gasteiger partial charge on any atom is 0 e. The van der Waals surface area contributed by atoms with Crippen LogP contribution in [0.4, 0.5) is 0 Å². The van der Waals surface area contributed by atoms with Gasteiger partial charge in [0.05, 0.1) is 0 Å². The Bertz CT molecular complexity index is 207. The van der Waals surface area contributed by atoms with E-state index in [9.17, 15) is 0 Å². The smallest absolute Gasteiger partial charge is 0 e. The van der Waals surface area contributed by atoms with E-state index >= 15 is 0 Å². The molecule has 0 heterocycles. The number of benzene rings is 1. The first-order valence-electron chi connectivity index (χ1n) is 6.65. The molecule has 0 fully saturated rings. The molecule has 0 spiro atoms. The van der Waals surface area contributed by atoms with Crippen molar-refractivity contribution in [1.29, 1.82) is 0 Å². The van der Waals surface area contributed by atoms with E-state index in [2.05, 4.69) is 39.8 Å². The topological polar surface area (TPSA) is 0 Å². The average Bonchev–Trinajstić information content (AvgIpc) is 2.35. The molecule has 0 radical (unpaired) electrons. The molecule has 0 aliphatic rings. The van der Waals surface area contributed by atoms with Gasteiger partial charge in [-0.1, -0.05) is 61.0 Å². The van der Waals surface area contributed by atoms with E-state index in [1.54, 1.807) is 0 Å². The van der Waals surface area contributed by atoms with Crippen LogP contribution in [0.2, 0.25) is 0 Å². The van der Waals surface area contributed by atoms with E-state index in [0.717, 1.165) is 12.0 Å². The van der Waals surface area contributed by atoms with E-state index < -0.39 is 0 Å². The van der Waals surface area contributed by atoms with E-state index in [1.807, 2.05) is 39.8 Å². The van der Waals surface area contributed by atoms with Gasteiger partial charge in [0.15, 0.2) is 0 Å². The zero-order chi connectivity index (χ0) is 13.4. The van der Waals surface area contributed by atoms with Crippen LogP contribution in [0, 0.1) is 21.8 Å². The van der Waals surface area contributed by atoms with Gasteiger partial charge in [-0.25, -0.2) is 0 Å². The van der Waals surface area contributed by atoms with Crippen molar-refractivity contribution in [2.24, 2.45) is 0 Å². The van der Waals surface area contributed by atoms with Crippen molar-refractivity contribution < 1.29 is 21.1 Å². The van der Waals surface area contributed by atoms with Crippen molar-refractivity contribution in [2.45, 2.75) is 61.3 Å². The predicted octanol–water partition coefficient (Wildman–Crippen LogP) is 6.80. The standard InChI is InChI=1S/C9H11.C3H8.2C2H6.2CH3.Pt/c1-3-9-6-4-5-8(2)7-9;1-3-2;2*1-2;;;/h4-7H,2-3H2,1H3;3H2,1-2H3;2*1-2H3;2*1H3;/q-1;;;;2*-1;. The number of aryl methyl sites for hydroxylation is 1. The summed E-state index contributed by atoms with van der Waals surface area (Å²) in [5.41, 5.74) is 2.47. The molecule has 0 bridgehead atoms. The van der Waals surface area contributed by atoms with Gasteiger partial charge in [-0.05, 0) is 6.42 Å². The molecule has 0 aromatic heterocycles. The fraction of sp³-hybridized carbons (Fsp3) is 0.500. The molecule has 0 atom stereocenters. The van der Waals surface area contributed by atoms with Crippen LogP contribution >= 0.6 is 0 Å². The van der Waals surface area contributed by atoms with Crippen LogP contribution in [0.3, 0.4) is 0 Å². The molecule has 0 saturated carbocycles. The number of hydrogen-bond acceptors (Lipinski definition) is 0. The molecule has 0 unspecified atom stereocenters. The first-order valence-corrected chi connectivity index (χ1v) is 6.65. The van der Waals surface area contributed by atoms with Gasteiger partial charge in [0.25, 0.3) is 0 Å². The third-order valence-corrected chi connectivity index (χ3v) is 1.40. The summed E-state index contributed by atoms with van der Waals surface area (Å²) in [6, 6.07) is 8.29. The maximum atomic E-state index is 3.83. The van der Waals surface area contributed by atoms with E-state index in [1.165, 1.54) is 12.0 Å². The fourth-order valence-electron chi connectivity index (χ4n) is 0.850. The largest absolute Gasteiger partial charge is 0.358 e. The summed E-state index contributed by atoms with van der Waals surface area (Å²) in [4.78, 5) is 0. The SMILES string of the molecule is CC.CC.CCC.[CH2-]c1cccc(CC)c1.[CH3-].[CH3-].[Pt]. The molecule has 1 aromatic carbocycles. The third kappa shape index (κ3) is 31.9. The summed E-state index contributed by atoms with van der Waals surface area (Å²) < 4.78 is 0. The van der Waals surface area contributed by atoms with Crippen LogP contribution in [-0.4, -0.2) is 0 Å². The Morgan fingerprint density at radius 1 is 0.895 bits per heavy atom. The third-order valence-electron chi connectivity index (χ3n) is 1.40. The maximum absolute atomic E-state index is 3.83. The summed E-state index contributed by atoms with van der Waals surface area (Å²) >= 11 is 0. The molecule has 0 aliphatic heterocycles. The minimum absolute atomic E-state index is 0. The van der Waals surface area contributed by atoms with Crippen molar-refractivity contribution in [3.8, 4) is 0 Å². The van der Waals surface area contributed by atoms with Crippen molar-refractivity contribution in [2.75, 3.05) is 0 Å². The second kappa shape index (κ2) is 36.1. The summed E-state index contributed by atoms with van der Waals surface area (Å²) in [5.74, 6) is 0. The number of rotatable bonds is 1. The van der Waals surface area contributed by atoms with Gasteiger partial charge in [0, 0.05) is 21.1 Å². The molecule has 1 rings (SSSR count). The molecule has 0 aliphatic carbocycles. The number of hydrogen-bond donors (Lipinski definition) is 0. The molecule has 1 aromatic rings. The van der Waals surface area contributed by atoms with E-state index in [-0.39, 0.29) is 35.9 Å². The first kappa shape index (κ1) is 36.3. The molecule has 122 valence electrons. The summed E-state index contributed by atoms with van der Waals surface area (Å²) in [5, 5.41) is 0. The molecule has 0 saturated heterocycles. The Balaban J connectivity index is -0.0000000371. The van der Waals surface area contributed by atoms with Gasteiger partial charge in [-0.15, -0.1) is 11.6 Å². The van der Waals surface area contributed by atoms with Crippen molar-refractivity contribution in [3.63, 3.8) is 0 Å². The van der Waals surface area contributed by atoms with Gasteiger partial charge in [-0.2, -0.15) is 24.6 Å². The second-order valence-electron chi connectivity index (χ2n) is 2.88. The minimum Gasteiger partial charge on any atom is -0.358 e. The van der Waals surface area contributed by atoms with Crippen molar-refractivity contribution >= 4 is 0 Å². The zero-order valence-electron chi connectivity index (χ0n) is 14.7. The normalized spacial score (nSPS) is 6.05. The van der Waals surface area contributed by atoms with E-state index in [0.29, 0.717) is 0 Å². The van der Waals surface area contributed by atoms with Crippen molar-refractivity contribution in [3.05, 3.63) is 57.2 Å². The minimum atomic E-state index is 0. The quantitative estimate of drug-likeness (QED) is 0.415. The molecular formula is C18H37Pt-3. The molecule has 0 N–H and O–H groups in total. The van der Waals surface area contributed by atoms with Crippen LogP contribution in [0.5, 0.6) is 0 Å². The van der Waals surface area contributed by atoms with Crippen LogP contribution in [-0.2, 0) is 27.5 Å². The predicted molar refractivity (Wildman–Crippen MR) is 91.8 cm³/mol. The molecule has 0 nitrogen and oxygen atoms in total. The van der Waals surface area contributed by atoms with Crippen LogP contribution in [0.15, 0.2) is 24.3 Å². The zero-order valence-corrected chi connectivity index (χ0v) is 17.0. The van der Waals surface area contributed by atoms with Gasteiger partial charge in [0.1, 0.15) is 0 Å².